The van der Waals surface area contributed by atoms with E-state index in [-0.39, 0.29) is 45.8 Å². The molecular formula is C12H9ClF3NO2S. The second kappa shape index (κ2) is 6.86. The van der Waals surface area contributed by atoms with Crippen molar-refractivity contribution < 1.29 is 22.7 Å². The van der Waals surface area contributed by atoms with Gasteiger partial charge in [0.15, 0.2) is 0 Å². The van der Waals surface area contributed by atoms with Crippen molar-refractivity contribution in [1.29, 1.82) is 5.26 Å². The average Bonchev–Trinajstić information content (AvgIpc) is 2.36. The summed E-state index contributed by atoms with van der Waals surface area (Å²) in [6, 6.07) is 3.97. The van der Waals surface area contributed by atoms with E-state index in [0.717, 1.165) is 12.1 Å². The van der Waals surface area contributed by atoms with Crippen molar-refractivity contribution in [3.8, 4) is 6.07 Å². The molecule has 0 saturated carbocycles. The van der Waals surface area contributed by atoms with Crippen molar-refractivity contribution in [3.63, 3.8) is 0 Å². The third-order valence-corrected chi connectivity index (χ3v) is 3.34. The smallest absolute Gasteiger partial charge is 0.446 e. The average molecular weight is 324 g/mol. The van der Waals surface area contributed by atoms with Crippen LogP contribution in [0, 0.1) is 11.3 Å². The molecule has 0 aromatic heterocycles. The molecule has 0 N–H and O–H groups in total. The number of hydrogen-bond acceptors (Lipinski definition) is 4. The molecule has 0 aliphatic rings. The van der Waals surface area contributed by atoms with Gasteiger partial charge in [-0.05, 0) is 36.4 Å². The normalized spacial score (nSPS) is 11.0. The van der Waals surface area contributed by atoms with E-state index in [1.165, 1.54) is 0 Å². The van der Waals surface area contributed by atoms with Crippen LogP contribution in [0.1, 0.15) is 28.4 Å². The Hall–Kier alpha value is -1.39. The summed E-state index contributed by atoms with van der Waals surface area (Å²) in [5.41, 5.74) is -4.80. The standard InChI is InChI=1S/C12H9ClF3NO2S/c1-2-19-11(18)7-3-4-10(20-12(14,15)16)8(5-13)9(7)6-17/h3-4H,2,5H2,1H3. The summed E-state index contributed by atoms with van der Waals surface area (Å²) in [5, 5.41) is 9.06. The van der Waals surface area contributed by atoms with Crippen molar-refractivity contribution in [2.75, 3.05) is 6.61 Å². The van der Waals surface area contributed by atoms with Gasteiger partial charge in [0, 0.05) is 10.8 Å². The monoisotopic (exact) mass is 323 g/mol. The molecule has 8 heteroatoms. The summed E-state index contributed by atoms with van der Waals surface area (Å²) in [6.07, 6.45) is 0. The Balaban J connectivity index is 3.34. The first-order valence-electron chi connectivity index (χ1n) is 5.38. The second-order valence-electron chi connectivity index (χ2n) is 3.48. The molecule has 0 fully saturated rings. The van der Waals surface area contributed by atoms with E-state index in [9.17, 15) is 18.0 Å². The highest BCUT2D eigenvalue weighted by molar-refractivity contribution is 8.00. The Morgan fingerprint density at radius 2 is 2.15 bits per heavy atom. The van der Waals surface area contributed by atoms with Crippen LogP contribution in [0.15, 0.2) is 17.0 Å². The predicted octanol–water partition coefficient (Wildman–Crippen LogP) is 4.09. The van der Waals surface area contributed by atoms with Gasteiger partial charge in [-0.2, -0.15) is 18.4 Å². The van der Waals surface area contributed by atoms with Crippen LogP contribution in [0.25, 0.3) is 0 Å². The number of alkyl halides is 4. The van der Waals surface area contributed by atoms with E-state index < -0.39 is 11.5 Å². The molecule has 0 atom stereocenters. The van der Waals surface area contributed by atoms with Crippen LogP contribution in [-0.2, 0) is 10.6 Å². The topological polar surface area (TPSA) is 50.1 Å². The Morgan fingerprint density at radius 3 is 2.60 bits per heavy atom. The van der Waals surface area contributed by atoms with Gasteiger partial charge in [-0.3, -0.25) is 0 Å². The first kappa shape index (κ1) is 16.7. The highest BCUT2D eigenvalue weighted by atomic mass is 35.5. The molecule has 3 nitrogen and oxygen atoms in total. The van der Waals surface area contributed by atoms with Crippen molar-refractivity contribution >= 4 is 29.3 Å². The van der Waals surface area contributed by atoms with Gasteiger partial charge < -0.3 is 4.74 Å². The number of halogens is 4. The van der Waals surface area contributed by atoms with Crippen molar-refractivity contribution in [2.45, 2.75) is 23.2 Å². The fraction of sp³-hybridized carbons (Fsp3) is 0.333. The number of rotatable bonds is 4. The van der Waals surface area contributed by atoms with Gasteiger partial charge in [0.2, 0.25) is 0 Å². The maximum atomic E-state index is 12.4. The van der Waals surface area contributed by atoms with Crippen LogP contribution in [-0.4, -0.2) is 18.1 Å². The van der Waals surface area contributed by atoms with Gasteiger partial charge in [-0.25, -0.2) is 4.79 Å². The lowest BCUT2D eigenvalue weighted by atomic mass is 10.0. The summed E-state index contributed by atoms with van der Waals surface area (Å²) in [4.78, 5) is 11.4. The fourth-order valence-electron chi connectivity index (χ4n) is 1.49. The Labute approximate surface area is 122 Å². The zero-order valence-corrected chi connectivity index (χ0v) is 11.8. The molecule has 0 aliphatic heterocycles. The van der Waals surface area contributed by atoms with E-state index in [1.54, 1.807) is 13.0 Å². The summed E-state index contributed by atoms with van der Waals surface area (Å²) in [5.74, 6) is -1.08. The largest absolute Gasteiger partial charge is 0.462 e. The minimum Gasteiger partial charge on any atom is -0.462 e. The highest BCUT2D eigenvalue weighted by Crippen LogP contribution is 2.40. The molecule has 1 rings (SSSR count). The highest BCUT2D eigenvalue weighted by Gasteiger charge is 2.31. The lowest BCUT2D eigenvalue weighted by Crippen LogP contribution is -2.10. The number of hydrogen-bond donors (Lipinski definition) is 0. The van der Waals surface area contributed by atoms with Gasteiger partial charge in [-0.1, -0.05) is 0 Å². The number of thioether (sulfide) groups is 1. The summed E-state index contributed by atoms with van der Waals surface area (Å²) in [6.45, 7) is 1.68. The lowest BCUT2D eigenvalue weighted by Gasteiger charge is -2.13. The van der Waals surface area contributed by atoms with Gasteiger partial charge in [0.25, 0.3) is 0 Å². The van der Waals surface area contributed by atoms with Crippen LogP contribution in [0.4, 0.5) is 13.2 Å². The Morgan fingerprint density at radius 1 is 1.50 bits per heavy atom. The molecule has 0 unspecified atom stereocenters. The summed E-state index contributed by atoms with van der Waals surface area (Å²) < 4.78 is 42.0. The third kappa shape index (κ3) is 4.05. The van der Waals surface area contributed by atoms with E-state index in [0.29, 0.717) is 0 Å². The lowest BCUT2D eigenvalue weighted by molar-refractivity contribution is -0.0328. The van der Waals surface area contributed by atoms with E-state index >= 15 is 0 Å². The zero-order chi connectivity index (χ0) is 15.3. The number of benzene rings is 1. The number of nitrogens with zero attached hydrogens (tertiary/aromatic N) is 1. The van der Waals surface area contributed by atoms with Crippen molar-refractivity contribution in [3.05, 3.63) is 28.8 Å². The maximum absolute atomic E-state index is 12.4. The Bertz CT molecular complexity index is 555. The summed E-state index contributed by atoms with van der Waals surface area (Å²) in [7, 11) is 0. The molecule has 0 saturated heterocycles. The van der Waals surface area contributed by atoms with E-state index in [2.05, 4.69) is 0 Å². The van der Waals surface area contributed by atoms with Crippen LogP contribution in [0.3, 0.4) is 0 Å². The number of nitriles is 1. The summed E-state index contributed by atoms with van der Waals surface area (Å²) >= 11 is 5.24. The number of ether oxygens (including phenoxy) is 1. The minimum absolute atomic E-state index is 0.0259. The number of carbonyl (C=O) groups is 1. The first-order valence-corrected chi connectivity index (χ1v) is 6.74. The number of esters is 1. The van der Waals surface area contributed by atoms with E-state index in [4.69, 9.17) is 21.6 Å². The van der Waals surface area contributed by atoms with Crippen molar-refractivity contribution in [2.24, 2.45) is 0 Å². The first-order chi connectivity index (χ1) is 9.34. The third-order valence-electron chi connectivity index (χ3n) is 2.24. The number of carbonyl (C=O) groups excluding carboxylic acids is 1. The van der Waals surface area contributed by atoms with Gasteiger partial charge in [-0.15, -0.1) is 11.6 Å². The molecule has 0 bridgehead atoms. The Kier molecular flexibility index (Phi) is 5.72. The maximum Gasteiger partial charge on any atom is 0.446 e. The molecular weight excluding hydrogens is 315 g/mol. The van der Waals surface area contributed by atoms with Crippen LogP contribution < -0.4 is 0 Å². The minimum atomic E-state index is -4.50. The predicted molar refractivity (Wildman–Crippen MR) is 68.6 cm³/mol. The van der Waals surface area contributed by atoms with Crippen molar-refractivity contribution in [1.82, 2.24) is 0 Å². The van der Waals surface area contributed by atoms with Crippen LogP contribution in [0.5, 0.6) is 0 Å². The quantitative estimate of drug-likeness (QED) is 0.476. The van der Waals surface area contributed by atoms with Crippen LogP contribution in [0.2, 0.25) is 0 Å². The molecule has 1 aromatic carbocycles. The molecule has 0 radical (unpaired) electrons. The molecule has 0 aliphatic carbocycles. The van der Waals surface area contributed by atoms with Gasteiger partial charge >= 0.3 is 11.5 Å². The zero-order valence-electron chi connectivity index (χ0n) is 10.3. The molecule has 1 aromatic rings. The molecule has 0 amide bonds. The second-order valence-corrected chi connectivity index (χ2v) is 4.85. The van der Waals surface area contributed by atoms with Gasteiger partial charge in [0.1, 0.15) is 6.07 Å². The SMILES string of the molecule is CCOC(=O)c1ccc(SC(F)(F)F)c(CCl)c1C#N. The molecule has 108 valence electrons. The van der Waals surface area contributed by atoms with Gasteiger partial charge in [0.05, 0.1) is 17.7 Å². The van der Waals surface area contributed by atoms with E-state index in [1.807, 2.05) is 0 Å². The molecule has 0 spiro atoms. The molecule has 20 heavy (non-hydrogen) atoms. The van der Waals surface area contributed by atoms with Crippen LogP contribution >= 0.6 is 23.4 Å². The fourth-order valence-corrected chi connectivity index (χ4v) is 2.53. The molecule has 0 heterocycles.